The van der Waals surface area contributed by atoms with Crippen LogP contribution in [0.4, 0.5) is 11.4 Å². The van der Waals surface area contributed by atoms with Crippen LogP contribution in [0.3, 0.4) is 0 Å². The Balaban J connectivity index is 1.79. The summed E-state index contributed by atoms with van der Waals surface area (Å²) in [5, 5.41) is 3.12. The average Bonchev–Trinajstić information content (AvgIpc) is 3.10. The van der Waals surface area contributed by atoms with E-state index in [4.69, 9.17) is 0 Å². The zero-order chi connectivity index (χ0) is 16.1. The summed E-state index contributed by atoms with van der Waals surface area (Å²) >= 11 is 0. The highest BCUT2D eigenvalue weighted by molar-refractivity contribution is 5.95. The van der Waals surface area contributed by atoms with Crippen molar-refractivity contribution in [2.24, 2.45) is 0 Å². The number of pyridine rings is 1. The van der Waals surface area contributed by atoms with Gasteiger partial charge in [-0.15, -0.1) is 0 Å². The molecule has 0 aliphatic heterocycles. The molecule has 1 aliphatic rings. The Hall–Kier alpha value is -2.36. The molecule has 4 heteroatoms. The Morgan fingerprint density at radius 3 is 2.61 bits per heavy atom. The summed E-state index contributed by atoms with van der Waals surface area (Å²) in [6.45, 7) is 2.91. The number of benzene rings is 1. The van der Waals surface area contributed by atoms with E-state index in [-0.39, 0.29) is 5.91 Å². The first-order valence-electron chi connectivity index (χ1n) is 8.36. The van der Waals surface area contributed by atoms with Crippen molar-refractivity contribution < 1.29 is 4.79 Å². The highest BCUT2D eigenvalue weighted by Crippen LogP contribution is 2.25. The number of carbonyl (C=O) groups is 1. The maximum Gasteiger partial charge on any atom is 0.253 e. The molecule has 0 bridgehead atoms. The Morgan fingerprint density at radius 2 is 1.91 bits per heavy atom. The van der Waals surface area contributed by atoms with Gasteiger partial charge >= 0.3 is 0 Å². The third-order valence-electron chi connectivity index (χ3n) is 4.37. The SMILES string of the molecule is CCN(c1ccccc1)c1cncc(C(=O)NC2CCCC2)c1. The third-order valence-corrected chi connectivity index (χ3v) is 4.37. The minimum Gasteiger partial charge on any atom is -0.349 e. The number of para-hydroxylation sites is 1. The molecule has 1 aromatic heterocycles. The molecule has 1 aromatic carbocycles. The fourth-order valence-corrected chi connectivity index (χ4v) is 3.16. The zero-order valence-corrected chi connectivity index (χ0v) is 13.5. The van der Waals surface area contributed by atoms with Crippen molar-refractivity contribution in [2.45, 2.75) is 38.6 Å². The number of hydrogen-bond donors (Lipinski definition) is 1. The number of carbonyl (C=O) groups excluding carboxylic acids is 1. The molecule has 0 atom stereocenters. The molecule has 0 radical (unpaired) electrons. The van der Waals surface area contributed by atoms with E-state index in [1.165, 1.54) is 12.8 Å². The lowest BCUT2D eigenvalue weighted by atomic mass is 10.2. The molecule has 1 saturated carbocycles. The average molecular weight is 309 g/mol. The molecule has 3 rings (SSSR count). The molecule has 0 spiro atoms. The first-order chi connectivity index (χ1) is 11.3. The Kier molecular flexibility index (Phi) is 4.91. The summed E-state index contributed by atoms with van der Waals surface area (Å²) in [5.74, 6) is -0.0182. The second-order valence-corrected chi connectivity index (χ2v) is 5.97. The van der Waals surface area contributed by atoms with E-state index in [9.17, 15) is 4.79 Å². The van der Waals surface area contributed by atoms with Gasteiger partial charge in [0, 0.05) is 24.5 Å². The first kappa shape index (κ1) is 15.5. The molecule has 0 saturated heterocycles. The Morgan fingerprint density at radius 1 is 1.17 bits per heavy atom. The maximum atomic E-state index is 12.4. The van der Waals surface area contributed by atoms with Crippen molar-refractivity contribution >= 4 is 17.3 Å². The molecular weight excluding hydrogens is 286 g/mol. The van der Waals surface area contributed by atoms with Crippen molar-refractivity contribution in [3.05, 3.63) is 54.4 Å². The van der Waals surface area contributed by atoms with Gasteiger partial charge in [0.15, 0.2) is 0 Å². The van der Waals surface area contributed by atoms with E-state index in [1.807, 2.05) is 30.5 Å². The van der Waals surface area contributed by atoms with Crippen LogP contribution in [0.1, 0.15) is 43.0 Å². The summed E-state index contributed by atoms with van der Waals surface area (Å²) in [4.78, 5) is 18.9. The predicted molar refractivity (Wildman–Crippen MR) is 93.1 cm³/mol. The summed E-state index contributed by atoms with van der Waals surface area (Å²) in [5.41, 5.74) is 2.67. The molecule has 1 amide bonds. The van der Waals surface area contributed by atoms with Crippen molar-refractivity contribution in [3.8, 4) is 0 Å². The van der Waals surface area contributed by atoms with Crippen LogP contribution in [0, 0.1) is 0 Å². The lowest BCUT2D eigenvalue weighted by Gasteiger charge is -2.23. The van der Waals surface area contributed by atoms with E-state index in [0.29, 0.717) is 11.6 Å². The Labute approximate surface area is 137 Å². The number of amides is 1. The normalized spacial score (nSPS) is 14.7. The number of nitrogens with one attached hydrogen (secondary N) is 1. The molecule has 0 unspecified atom stereocenters. The molecule has 1 aliphatic carbocycles. The molecule has 4 nitrogen and oxygen atoms in total. The maximum absolute atomic E-state index is 12.4. The molecule has 1 fully saturated rings. The van der Waals surface area contributed by atoms with Crippen LogP contribution >= 0.6 is 0 Å². The predicted octanol–water partition coefficient (Wildman–Crippen LogP) is 3.91. The van der Waals surface area contributed by atoms with Gasteiger partial charge in [-0.25, -0.2) is 0 Å². The molecule has 120 valence electrons. The summed E-state index contributed by atoms with van der Waals surface area (Å²) in [6, 6.07) is 12.4. The van der Waals surface area contributed by atoms with Crippen LogP contribution < -0.4 is 10.2 Å². The summed E-state index contributed by atoms with van der Waals surface area (Å²) in [7, 11) is 0. The van der Waals surface area contributed by atoms with Crippen LogP contribution in [0.5, 0.6) is 0 Å². The van der Waals surface area contributed by atoms with Gasteiger partial charge in [0.1, 0.15) is 0 Å². The largest absolute Gasteiger partial charge is 0.349 e. The summed E-state index contributed by atoms with van der Waals surface area (Å²) < 4.78 is 0. The van der Waals surface area contributed by atoms with Crippen LogP contribution in [0.15, 0.2) is 48.8 Å². The molecule has 1 heterocycles. The fourth-order valence-electron chi connectivity index (χ4n) is 3.16. The van der Waals surface area contributed by atoms with E-state index in [0.717, 1.165) is 30.8 Å². The quantitative estimate of drug-likeness (QED) is 0.910. The van der Waals surface area contributed by atoms with Gasteiger partial charge in [-0.2, -0.15) is 0 Å². The van der Waals surface area contributed by atoms with Crippen LogP contribution in [0.25, 0.3) is 0 Å². The van der Waals surface area contributed by atoms with Crippen molar-refractivity contribution in [1.29, 1.82) is 0 Å². The minimum absolute atomic E-state index is 0.0182. The second-order valence-electron chi connectivity index (χ2n) is 5.97. The van der Waals surface area contributed by atoms with Crippen LogP contribution in [0.2, 0.25) is 0 Å². The second kappa shape index (κ2) is 7.27. The molecule has 1 N–H and O–H groups in total. The monoisotopic (exact) mass is 309 g/mol. The van der Waals surface area contributed by atoms with Gasteiger partial charge in [-0.3, -0.25) is 9.78 Å². The van der Waals surface area contributed by atoms with Crippen molar-refractivity contribution in [1.82, 2.24) is 10.3 Å². The molecule has 2 aromatic rings. The number of aromatic nitrogens is 1. The van der Waals surface area contributed by atoms with E-state index < -0.39 is 0 Å². The van der Waals surface area contributed by atoms with Crippen LogP contribution in [-0.2, 0) is 0 Å². The smallest absolute Gasteiger partial charge is 0.253 e. The number of hydrogen-bond acceptors (Lipinski definition) is 3. The lowest BCUT2D eigenvalue weighted by molar-refractivity contribution is 0.0937. The fraction of sp³-hybridized carbons (Fsp3) is 0.368. The van der Waals surface area contributed by atoms with Gasteiger partial charge < -0.3 is 10.2 Å². The first-order valence-corrected chi connectivity index (χ1v) is 8.36. The number of anilines is 2. The van der Waals surface area contributed by atoms with Gasteiger partial charge in [-0.1, -0.05) is 31.0 Å². The van der Waals surface area contributed by atoms with Crippen molar-refractivity contribution in [2.75, 3.05) is 11.4 Å². The zero-order valence-electron chi connectivity index (χ0n) is 13.5. The van der Waals surface area contributed by atoms with Gasteiger partial charge in [0.05, 0.1) is 17.4 Å². The minimum atomic E-state index is -0.0182. The van der Waals surface area contributed by atoms with E-state index >= 15 is 0 Å². The highest BCUT2D eigenvalue weighted by Gasteiger charge is 2.19. The number of rotatable bonds is 5. The molecular formula is C19H23N3O. The summed E-state index contributed by atoms with van der Waals surface area (Å²) in [6.07, 6.45) is 8.05. The topological polar surface area (TPSA) is 45.2 Å². The number of nitrogens with zero attached hydrogens (tertiary/aromatic N) is 2. The highest BCUT2D eigenvalue weighted by atomic mass is 16.1. The van der Waals surface area contributed by atoms with Gasteiger partial charge in [-0.05, 0) is 38.0 Å². The lowest BCUT2D eigenvalue weighted by Crippen LogP contribution is -2.32. The van der Waals surface area contributed by atoms with E-state index in [2.05, 4.69) is 34.3 Å². The van der Waals surface area contributed by atoms with Crippen molar-refractivity contribution in [3.63, 3.8) is 0 Å². The van der Waals surface area contributed by atoms with Gasteiger partial charge in [0.2, 0.25) is 0 Å². The van der Waals surface area contributed by atoms with E-state index in [1.54, 1.807) is 6.20 Å². The third kappa shape index (κ3) is 3.70. The Bertz CT molecular complexity index is 651. The van der Waals surface area contributed by atoms with Crippen LogP contribution in [-0.4, -0.2) is 23.5 Å². The standard InChI is InChI=1S/C19H23N3O/c1-2-22(17-10-4-3-5-11-17)18-12-15(13-20-14-18)19(23)21-16-8-6-7-9-16/h3-5,10-14,16H,2,6-9H2,1H3,(H,21,23). The molecule has 23 heavy (non-hydrogen) atoms. The van der Waals surface area contributed by atoms with Gasteiger partial charge in [0.25, 0.3) is 5.91 Å².